The van der Waals surface area contributed by atoms with Crippen LogP contribution >= 0.6 is 0 Å². The van der Waals surface area contributed by atoms with Gasteiger partial charge < -0.3 is 69.4 Å². The highest BCUT2D eigenvalue weighted by Crippen LogP contribution is 2.76. The lowest BCUT2D eigenvalue weighted by Gasteiger charge is -2.71. The summed E-state index contributed by atoms with van der Waals surface area (Å²) in [7, 11) is 0. The maximum atomic E-state index is 12.9. The fourth-order valence-corrected chi connectivity index (χ4v) is 13.6. The van der Waals surface area contributed by atoms with Crippen LogP contribution < -0.4 is 10.2 Å². The van der Waals surface area contributed by atoms with Crippen molar-refractivity contribution in [2.75, 3.05) is 6.61 Å². The predicted octanol–water partition coefficient (Wildman–Crippen LogP) is 0.305. The fraction of sp³-hybridized carbons (Fsp3) is 0.905. The van der Waals surface area contributed by atoms with Gasteiger partial charge in [-0.1, -0.05) is 60.1 Å². The molecule has 7 rings (SSSR count). The number of ether oxygens (including phenoxy) is 4. The van der Waals surface area contributed by atoms with Crippen LogP contribution in [0.2, 0.25) is 0 Å². The number of rotatable bonds is 7. The van der Waals surface area contributed by atoms with Crippen molar-refractivity contribution in [3.63, 3.8) is 0 Å². The fourth-order valence-electron chi connectivity index (χ4n) is 13.6. The van der Waals surface area contributed by atoms with E-state index in [2.05, 4.69) is 54.5 Å². The van der Waals surface area contributed by atoms with Crippen LogP contribution in [0, 0.1) is 50.2 Å². The highest BCUT2D eigenvalue weighted by Gasteiger charge is 2.69. The van der Waals surface area contributed by atoms with Gasteiger partial charge in [0.1, 0.15) is 48.8 Å². The lowest BCUT2D eigenvalue weighted by molar-refractivity contribution is -0.381. The minimum absolute atomic E-state index is 0.0438. The number of carbonyl (C=O) groups excluding carboxylic acids is 2. The lowest BCUT2D eigenvalue weighted by atomic mass is 9.33. The van der Waals surface area contributed by atoms with Crippen LogP contribution in [-0.2, 0) is 28.5 Å². The summed E-state index contributed by atoms with van der Waals surface area (Å²) in [5, 5.41) is 88.4. The third-order valence-electron chi connectivity index (χ3n) is 17.2. The average Bonchev–Trinajstić information content (AvgIpc) is 3.11. The van der Waals surface area contributed by atoms with E-state index in [1.807, 2.05) is 0 Å². The summed E-state index contributed by atoms with van der Waals surface area (Å²) in [6, 6.07) is 0. The minimum Gasteiger partial charge on any atom is -0.550 e. The van der Waals surface area contributed by atoms with Crippen molar-refractivity contribution >= 4 is 11.9 Å². The summed E-state index contributed by atoms with van der Waals surface area (Å²) in [6.45, 7) is 15.3. The second-order valence-electron chi connectivity index (χ2n) is 20.7. The molecule has 14 heteroatoms. The molecule has 0 aromatic rings. The van der Waals surface area contributed by atoms with Gasteiger partial charge in [0.2, 0.25) is 0 Å². The molecule has 2 aliphatic heterocycles. The Bertz CT molecular complexity index is 1560. The molecule has 0 amide bonds. The second kappa shape index (κ2) is 14.2. The van der Waals surface area contributed by atoms with Crippen molar-refractivity contribution in [1.82, 2.24) is 0 Å². The number of aliphatic hydroxyl groups is 6. The molecule has 2 saturated heterocycles. The SMILES string of the molecule is CC1(C)CC[C@]2(C(=O)[O-])CC[C@]3(C)C(=CC[C@@H]4[C@@]5(C)CC[C@H](O[C@@H]6O[C@H](C(=O)[O-])[C@@H](O)[C@H](O[C@@H]7O[C@H](CO)[C@H](O)[C@H](O)[C@H]7O)[C@H]6O)C(C)(C)[C@@H]5CC[C@]43C)[C@@H]2C1. The lowest BCUT2D eigenvalue weighted by Crippen LogP contribution is -2.68. The Morgan fingerprint density at radius 1 is 0.768 bits per heavy atom. The van der Waals surface area contributed by atoms with Gasteiger partial charge >= 0.3 is 0 Å². The number of carbonyl (C=O) groups is 2. The Morgan fingerprint density at radius 3 is 2.07 bits per heavy atom. The average molecular weight is 793 g/mol. The first-order valence-corrected chi connectivity index (χ1v) is 20.7. The molecule has 318 valence electrons. The molecule has 2 heterocycles. The van der Waals surface area contributed by atoms with E-state index in [4.69, 9.17) is 18.9 Å². The molecule has 18 atom stereocenters. The standard InChI is InChI=1S/C42H66O14/c1-37(2)14-16-42(36(51)52)17-15-40(6)20(21(42)18-37)8-9-24-39(5)12-11-25(38(3,4)23(39)10-13-41(24,40)7)54-35-30(48)31(29(47)32(56-35)33(49)50)55-34-28(46)27(45)26(44)22(19-43)53-34/h8,21-32,34-35,43-48H,9-19H2,1-7H3,(H,49,50)(H,51,52)/p-2/t21-,22+,23-,24+,25-,26-,27-,28+,29-,30+,31-,32-,34-,35+,39-,40+,41+,42-/m0/s1. The summed E-state index contributed by atoms with van der Waals surface area (Å²) in [5.41, 5.74) is -0.317. The van der Waals surface area contributed by atoms with Crippen molar-refractivity contribution < 1.29 is 69.4 Å². The molecule has 0 spiro atoms. The first kappa shape index (κ1) is 42.4. The van der Waals surface area contributed by atoms with E-state index >= 15 is 0 Å². The summed E-state index contributed by atoms with van der Waals surface area (Å²) in [5.74, 6) is -2.26. The van der Waals surface area contributed by atoms with Gasteiger partial charge in [-0.3, -0.25) is 0 Å². The number of carboxylic acids is 2. The minimum atomic E-state index is -2.00. The van der Waals surface area contributed by atoms with Crippen LogP contribution in [0.3, 0.4) is 0 Å². The van der Waals surface area contributed by atoms with Gasteiger partial charge in [-0.15, -0.1) is 0 Å². The Balaban J connectivity index is 1.13. The zero-order valence-corrected chi connectivity index (χ0v) is 33.9. The summed E-state index contributed by atoms with van der Waals surface area (Å²) < 4.78 is 23.3. The second-order valence-corrected chi connectivity index (χ2v) is 20.7. The molecule has 7 aliphatic rings. The van der Waals surface area contributed by atoms with Crippen LogP contribution in [0.1, 0.15) is 113 Å². The van der Waals surface area contributed by atoms with E-state index in [-0.39, 0.29) is 33.5 Å². The van der Waals surface area contributed by atoms with Gasteiger partial charge in [-0.2, -0.15) is 0 Å². The number of carboxylic acid groups (broad SMARTS) is 2. The molecule has 5 aliphatic carbocycles. The number of hydrogen-bond donors (Lipinski definition) is 6. The molecule has 4 saturated carbocycles. The molecule has 56 heavy (non-hydrogen) atoms. The molecule has 0 aromatic heterocycles. The summed E-state index contributed by atoms with van der Waals surface area (Å²) in [6.07, 6.45) is -7.85. The number of aliphatic carboxylic acids is 2. The number of aliphatic hydroxyl groups excluding tert-OH is 6. The molecule has 14 nitrogen and oxygen atoms in total. The number of hydrogen-bond acceptors (Lipinski definition) is 14. The highest BCUT2D eigenvalue weighted by molar-refractivity contribution is 5.74. The summed E-state index contributed by atoms with van der Waals surface area (Å²) in [4.78, 5) is 25.1. The third kappa shape index (κ3) is 6.17. The van der Waals surface area contributed by atoms with Crippen molar-refractivity contribution in [3.05, 3.63) is 11.6 Å². The van der Waals surface area contributed by atoms with Crippen LogP contribution in [0.25, 0.3) is 0 Å². The molecule has 0 bridgehead atoms. The largest absolute Gasteiger partial charge is 0.550 e. The Morgan fingerprint density at radius 2 is 1.43 bits per heavy atom. The number of fused-ring (bicyclic) bond motifs is 7. The van der Waals surface area contributed by atoms with Crippen LogP contribution in [0.15, 0.2) is 11.6 Å². The topological polar surface area (TPSA) is 239 Å². The van der Waals surface area contributed by atoms with Gasteiger partial charge in [0.25, 0.3) is 0 Å². The van der Waals surface area contributed by atoms with E-state index in [1.54, 1.807) is 0 Å². The van der Waals surface area contributed by atoms with Crippen molar-refractivity contribution in [2.24, 2.45) is 50.2 Å². The normalized spacial score (nSPS) is 52.3. The summed E-state index contributed by atoms with van der Waals surface area (Å²) >= 11 is 0. The van der Waals surface area contributed by atoms with E-state index in [1.165, 1.54) is 5.57 Å². The van der Waals surface area contributed by atoms with Gasteiger partial charge in [0, 0.05) is 11.4 Å². The molecule has 6 N–H and O–H groups in total. The molecule has 0 radical (unpaired) electrons. The first-order valence-electron chi connectivity index (χ1n) is 20.7. The quantitative estimate of drug-likeness (QED) is 0.150. The third-order valence-corrected chi connectivity index (χ3v) is 17.2. The number of allylic oxidation sites excluding steroid dienone is 2. The predicted molar refractivity (Wildman–Crippen MR) is 193 cm³/mol. The Kier molecular flexibility index (Phi) is 10.8. The molecule has 0 unspecified atom stereocenters. The Labute approximate surface area is 329 Å². The zero-order chi connectivity index (χ0) is 41.1. The monoisotopic (exact) mass is 792 g/mol. The maximum absolute atomic E-state index is 12.9. The van der Waals surface area contributed by atoms with Crippen LogP contribution in [0.5, 0.6) is 0 Å². The van der Waals surface area contributed by atoms with E-state index < -0.39 is 96.9 Å². The van der Waals surface area contributed by atoms with Crippen LogP contribution in [0.4, 0.5) is 0 Å². The van der Waals surface area contributed by atoms with Gasteiger partial charge in [-0.25, -0.2) is 0 Å². The highest BCUT2D eigenvalue weighted by atomic mass is 16.7. The van der Waals surface area contributed by atoms with Crippen molar-refractivity contribution in [3.8, 4) is 0 Å². The van der Waals surface area contributed by atoms with Crippen molar-refractivity contribution in [1.29, 1.82) is 0 Å². The smallest absolute Gasteiger partial charge is 0.187 e. The first-order chi connectivity index (χ1) is 26.0. The molecular weight excluding hydrogens is 728 g/mol. The van der Waals surface area contributed by atoms with E-state index in [9.17, 15) is 50.4 Å². The molecular formula is C42H64O14-2. The van der Waals surface area contributed by atoms with Crippen molar-refractivity contribution in [2.45, 2.75) is 180 Å². The van der Waals surface area contributed by atoms with Gasteiger partial charge in [0.05, 0.1) is 18.7 Å². The maximum Gasteiger partial charge on any atom is 0.187 e. The van der Waals surface area contributed by atoms with Crippen LogP contribution in [-0.4, -0.2) is 117 Å². The zero-order valence-electron chi connectivity index (χ0n) is 33.9. The Hall–Kier alpha value is -1.72. The van der Waals surface area contributed by atoms with Gasteiger partial charge in [-0.05, 0) is 109 Å². The van der Waals surface area contributed by atoms with E-state index in [0.717, 1.165) is 44.9 Å². The molecule has 6 fully saturated rings. The van der Waals surface area contributed by atoms with E-state index in [0.29, 0.717) is 25.2 Å². The molecule has 0 aromatic carbocycles. The van der Waals surface area contributed by atoms with Gasteiger partial charge in [0.15, 0.2) is 12.6 Å².